The van der Waals surface area contributed by atoms with Gasteiger partial charge in [0.1, 0.15) is 0 Å². The van der Waals surface area contributed by atoms with Gasteiger partial charge in [0.05, 0.1) is 11.7 Å². The summed E-state index contributed by atoms with van der Waals surface area (Å²) < 4.78 is 7.86. The highest BCUT2D eigenvalue weighted by Gasteiger charge is 2.24. The lowest BCUT2D eigenvalue weighted by molar-refractivity contribution is 0.0993. The number of para-hydroxylation sites is 1. The number of carbonyl (C=O) groups excluding carboxylic acids is 1. The lowest BCUT2D eigenvalue weighted by Crippen LogP contribution is -2.14. The van der Waals surface area contributed by atoms with Crippen LogP contribution in [0.4, 0.5) is 0 Å². The third-order valence-electron chi connectivity index (χ3n) is 5.00. The van der Waals surface area contributed by atoms with Crippen LogP contribution in [0.15, 0.2) is 76.4 Å². The van der Waals surface area contributed by atoms with Gasteiger partial charge in [0.25, 0.3) is 5.22 Å². The average Bonchev–Trinajstić information content (AvgIpc) is 3.31. The smallest absolute Gasteiger partial charge is 0.277 e. The maximum absolute atomic E-state index is 13.1. The van der Waals surface area contributed by atoms with Crippen molar-refractivity contribution in [3.05, 3.63) is 95.1 Å². The van der Waals surface area contributed by atoms with Crippen LogP contribution in [-0.4, -0.2) is 25.8 Å². The van der Waals surface area contributed by atoms with Crippen LogP contribution in [0.25, 0.3) is 5.69 Å². The number of aromatic nitrogens is 3. The SMILES string of the molecule is Cc1cc(C(=O)[C@H](C)Sc2nnc(Cc3ccccc3)o2)c(C)n1-c1ccccc1. The number of rotatable bonds is 7. The minimum absolute atomic E-state index is 0.0538. The summed E-state index contributed by atoms with van der Waals surface area (Å²) in [5, 5.41) is 8.31. The van der Waals surface area contributed by atoms with E-state index < -0.39 is 0 Å². The van der Waals surface area contributed by atoms with Crippen molar-refractivity contribution in [2.24, 2.45) is 0 Å². The molecule has 0 unspecified atom stereocenters. The van der Waals surface area contributed by atoms with Crippen molar-refractivity contribution in [1.82, 2.24) is 14.8 Å². The second kappa shape index (κ2) is 8.71. The van der Waals surface area contributed by atoms with E-state index in [1.807, 2.05) is 87.5 Å². The van der Waals surface area contributed by atoms with Crippen molar-refractivity contribution in [2.75, 3.05) is 0 Å². The molecule has 0 radical (unpaired) electrons. The van der Waals surface area contributed by atoms with E-state index in [0.717, 1.165) is 28.2 Å². The maximum atomic E-state index is 13.1. The molecule has 0 aliphatic carbocycles. The molecule has 30 heavy (non-hydrogen) atoms. The van der Waals surface area contributed by atoms with E-state index in [4.69, 9.17) is 4.42 Å². The molecule has 2 heterocycles. The molecule has 6 heteroatoms. The molecular weight excluding hydrogens is 394 g/mol. The molecule has 4 rings (SSSR count). The Hall–Kier alpha value is -3.12. The van der Waals surface area contributed by atoms with Crippen molar-refractivity contribution in [3.63, 3.8) is 0 Å². The summed E-state index contributed by atoms with van der Waals surface area (Å²) in [6.07, 6.45) is 0.578. The molecule has 152 valence electrons. The molecule has 0 saturated heterocycles. The van der Waals surface area contributed by atoms with E-state index >= 15 is 0 Å². The molecule has 2 aromatic carbocycles. The highest BCUT2D eigenvalue weighted by Crippen LogP contribution is 2.28. The first-order chi connectivity index (χ1) is 14.5. The van der Waals surface area contributed by atoms with Gasteiger partial charge in [-0.25, -0.2) is 0 Å². The number of benzene rings is 2. The number of carbonyl (C=O) groups is 1. The Morgan fingerprint density at radius 1 is 1.03 bits per heavy atom. The van der Waals surface area contributed by atoms with Gasteiger partial charge in [0, 0.05) is 22.6 Å². The van der Waals surface area contributed by atoms with Crippen molar-refractivity contribution in [3.8, 4) is 5.69 Å². The van der Waals surface area contributed by atoms with Crippen LogP contribution in [0.5, 0.6) is 0 Å². The standard InChI is InChI=1S/C24H23N3O2S/c1-16-14-21(17(2)27(16)20-12-8-5-9-13-20)23(28)18(3)30-24-26-25-22(29-24)15-19-10-6-4-7-11-19/h4-14,18H,15H2,1-3H3/t18-/m0/s1. The van der Waals surface area contributed by atoms with Crippen LogP contribution in [0.1, 0.15) is 40.1 Å². The Kier molecular flexibility index (Phi) is 5.86. The number of hydrogen-bond acceptors (Lipinski definition) is 5. The van der Waals surface area contributed by atoms with E-state index in [1.165, 1.54) is 11.8 Å². The van der Waals surface area contributed by atoms with Crippen molar-refractivity contribution in [1.29, 1.82) is 0 Å². The lowest BCUT2D eigenvalue weighted by Gasteiger charge is -2.11. The third kappa shape index (κ3) is 4.24. The molecule has 4 aromatic rings. The highest BCUT2D eigenvalue weighted by molar-refractivity contribution is 8.00. The summed E-state index contributed by atoms with van der Waals surface area (Å²) in [5.74, 6) is 0.601. The van der Waals surface area contributed by atoms with E-state index in [0.29, 0.717) is 17.5 Å². The maximum Gasteiger partial charge on any atom is 0.277 e. The van der Waals surface area contributed by atoms with Crippen molar-refractivity contribution < 1.29 is 9.21 Å². The van der Waals surface area contributed by atoms with Gasteiger partial charge in [-0.3, -0.25) is 4.79 Å². The van der Waals surface area contributed by atoms with Crippen LogP contribution in [-0.2, 0) is 6.42 Å². The predicted octanol–water partition coefficient (Wildman–Crippen LogP) is 5.43. The number of nitrogens with zero attached hydrogens (tertiary/aromatic N) is 3. The molecule has 5 nitrogen and oxygen atoms in total. The Labute approximate surface area is 180 Å². The van der Waals surface area contributed by atoms with E-state index in [1.54, 1.807) is 0 Å². The molecule has 0 fully saturated rings. The number of aryl methyl sites for hydroxylation is 1. The molecular formula is C24H23N3O2S. The summed E-state index contributed by atoms with van der Waals surface area (Å²) in [7, 11) is 0. The largest absolute Gasteiger partial charge is 0.416 e. The van der Waals surface area contributed by atoms with E-state index in [2.05, 4.69) is 14.8 Å². The van der Waals surface area contributed by atoms with Crippen LogP contribution >= 0.6 is 11.8 Å². The zero-order chi connectivity index (χ0) is 21.1. The fourth-order valence-electron chi connectivity index (χ4n) is 3.54. The van der Waals surface area contributed by atoms with Crippen LogP contribution in [0.2, 0.25) is 0 Å². The van der Waals surface area contributed by atoms with Crippen LogP contribution < -0.4 is 0 Å². The fourth-order valence-corrected chi connectivity index (χ4v) is 4.31. The topological polar surface area (TPSA) is 60.9 Å². The monoisotopic (exact) mass is 417 g/mol. The van der Waals surface area contributed by atoms with Gasteiger partial charge in [-0.15, -0.1) is 10.2 Å². The number of ketones is 1. The number of hydrogen-bond donors (Lipinski definition) is 0. The van der Waals surface area contributed by atoms with Gasteiger partial charge in [0.15, 0.2) is 5.78 Å². The number of Topliss-reactive ketones (excluding diaryl/α,β-unsaturated/α-hetero) is 1. The molecule has 0 aliphatic heterocycles. The van der Waals surface area contributed by atoms with Crippen molar-refractivity contribution in [2.45, 2.75) is 37.7 Å². The minimum Gasteiger partial charge on any atom is -0.416 e. The quantitative estimate of drug-likeness (QED) is 0.296. The summed E-state index contributed by atoms with van der Waals surface area (Å²) >= 11 is 1.30. The zero-order valence-corrected chi connectivity index (χ0v) is 18.0. The van der Waals surface area contributed by atoms with Crippen LogP contribution in [0, 0.1) is 13.8 Å². The summed E-state index contributed by atoms with van der Waals surface area (Å²) in [6.45, 7) is 5.88. The lowest BCUT2D eigenvalue weighted by atomic mass is 10.1. The Morgan fingerprint density at radius 3 is 2.40 bits per heavy atom. The van der Waals surface area contributed by atoms with Gasteiger partial charge >= 0.3 is 0 Å². The molecule has 0 amide bonds. The normalized spacial score (nSPS) is 12.1. The van der Waals surface area contributed by atoms with Gasteiger partial charge in [-0.2, -0.15) is 0 Å². The molecule has 0 aliphatic rings. The Morgan fingerprint density at radius 2 is 1.70 bits per heavy atom. The van der Waals surface area contributed by atoms with E-state index in [9.17, 15) is 4.79 Å². The number of thioether (sulfide) groups is 1. The molecule has 2 aromatic heterocycles. The Balaban J connectivity index is 1.48. The fraction of sp³-hybridized carbons (Fsp3) is 0.208. The Bertz CT molecular complexity index is 1150. The predicted molar refractivity (Wildman–Crippen MR) is 118 cm³/mol. The van der Waals surface area contributed by atoms with Crippen molar-refractivity contribution >= 4 is 17.5 Å². The molecule has 0 N–H and O–H groups in total. The minimum atomic E-state index is -0.334. The van der Waals surface area contributed by atoms with Gasteiger partial charge in [-0.05, 0) is 44.5 Å². The third-order valence-corrected chi connectivity index (χ3v) is 5.94. The molecule has 0 bridgehead atoms. The summed E-state index contributed by atoms with van der Waals surface area (Å²) in [5.41, 5.74) is 4.85. The van der Waals surface area contributed by atoms with Gasteiger partial charge in [0.2, 0.25) is 5.89 Å². The second-order valence-electron chi connectivity index (χ2n) is 7.20. The molecule has 0 spiro atoms. The first-order valence-corrected chi connectivity index (χ1v) is 10.7. The van der Waals surface area contributed by atoms with Gasteiger partial charge in [-0.1, -0.05) is 60.3 Å². The summed E-state index contributed by atoms with van der Waals surface area (Å²) in [4.78, 5) is 13.1. The highest BCUT2D eigenvalue weighted by atomic mass is 32.2. The van der Waals surface area contributed by atoms with E-state index in [-0.39, 0.29) is 11.0 Å². The first-order valence-electron chi connectivity index (χ1n) is 9.84. The first kappa shape index (κ1) is 20.2. The van der Waals surface area contributed by atoms with Crippen LogP contribution in [0.3, 0.4) is 0 Å². The average molecular weight is 418 g/mol. The molecule has 0 saturated carbocycles. The molecule has 1 atom stereocenters. The van der Waals surface area contributed by atoms with Gasteiger partial charge < -0.3 is 8.98 Å². The summed E-state index contributed by atoms with van der Waals surface area (Å²) in [6, 6.07) is 22.0. The second-order valence-corrected chi connectivity index (χ2v) is 8.50. The zero-order valence-electron chi connectivity index (χ0n) is 17.2.